The molecule has 0 radical (unpaired) electrons. The fraction of sp³-hybridized carbons (Fsp3) is 0.188. The molecule has 2 heterocycles. The van der Waals surface area contributed by atoms with Crippen LogP contribution in [0.25, 0.3) is 33.2 Å². The summed E-state index contributed by atoms with van der Waals surface area (Å²) in [7, 11) is -2.41. The van der Waals surface area contributed by atoms with Crippen molar-refractivity contribution in [2.24, 2.45) is 13.0 Å². The number of nitrogens with zero attached hydrogens (tertiary/aromatic N) is 3. The van der Waals surface area contributed by atoms with Gasteiger partial charge in [-0.3, -0.25) is 4.79 Å². The Morgan fingerprint density at radius 1 is 0.975 bits per heavy atom. The summed E-state index contributed by atoms with van der Waals surface area (Å²) in [5.41, 5.74) is 3.98. The van der Waals surface area contributed by atoms with Gasteiger partial charge in [-0.2, -0.15) is 5.26 Å². The summed E-state index contributed by atoms with van der Waals surface area (Å²) in [6.45, 7) is 2.33. The maximum Gasteiger partial charge on any atom is 0.275 e. The van der Waals surface area contributed by atoms with E-state index in [1.165, 1.54) is 10.8 Å². The lowest BCUT2D eigenvalue weighted by Crippen LogP contribution is -2.22. The van der Waals surface area contributed by atoms with E-state index in [1.807, 2.05) is 36.4 Å². The van der Waals surface area contributed by atoms with E-state index in [9.17, 15) is 18.5 Å². The lowest BCUT2D eigenvalue weighted by atomic mass is 9.96. The number of hydrogen-bond donors (Lipinski definition) is 0. The van der Waals surface area contributed by atoms with E-state index in [2.05, 4.69) is 6.07 Å². The smallest absolute Gasteiger partial charge is 0.275 e. The highest BCUT2D eigenvalue weighted by Crippen LogP contribution is 2.39. The van der Waals surface area contributed by atoms with Gasteiger partial charge in [0.1, 0.15) is 11.3 Å². The number of aryl methyl sites for hydroxylation is 2. The summed E-state index contributed by atoms with van der Waals surface area (Å²) >= 11 is 0. The average molecular weight is 550 g/mol. The minimum absolute atomic E-state index is 0.0771. The highest BCUT2D eigenvalue weighted by atomic mass is 32.2. The predicted octanol–water partition coefficient (Wildman–Crippen LogP) is 5.88. The SMILES string of the molecule is Cc1ccccc1S(=O)(=O)n1ccc2c(-c3cc(-c4cccc(C#N)c4)ccc3OCC3CC3)cn(C)c(=O)c21. The van der Waals surface area contributed by atoms with Crippen LogP contribution in [0.15, 0.2) is 94.9 Å². The Labute approximate surface area is 232 Å². The van der Waals surface area contributed by atoms with E-state index >= 15 is 0 Å². The second-order valence-corrected chi connectivity index (χ2v) is 12.0. The molecule has 0 N–H and O–H groups in total. The van der Waals surface area contributed by atoms with E-state index < -0.39 is 15.6 Å². The molecule has 1 fully saturated rings. The largest absolute Gasteiger partial charge is 0.493 e. The minimum Gasteiger partial charge on any atom is -0.493 e. The average Bonchev–Trinajstić information content (AvgIpc) is 3.68. The Morgan fingerprint density at radius 3 is 2.50 bits per heavy atom. The summed E-state index contributed by atoms with van der Waals surface area (Å²) < 4.78 is 36.3. The standard InChI is InChI=1S/C32H27N3O4S/c1-21-6-3-4-9-30(21)40(37,38)35-15-14-26-28(19-34(2)32(36)31(26)35)27-17-25(24-8-5-7-23(16-24)18-33)12-13-29(27)39-20-22-10-11-22/h3-9,12-17,19,22H,10-11,20H2,1-2H3. The zero-order valence-electron chi connectivity index (χ0n) is 22.2. The molecule has 200 valence electrons. The highest BCUT2D eigenvalue weighted by molar-refractivity contribution is 7.90. The van der Waals surface area contributed by atoms with Crippen molar-refractivity contribution in [1.82, 2.24) is 8.54 Å². The number of aromatic nitrogens is 2. The number of fused-ring (bicyclic) bond motifs is 1. The van der Waals surface area contributed by atoms with Crippen LogP contribution in [0.5, 0.6) is 5.75 Å². The molecule has 40 heavy (non-hydrogen) atoms. The van der Waals surface area contributed by atoms with E-state index in [1.54, 1.807) is 56.6 Å². The molecule has 6 rings (SSSR count). The number of ether oxygens (including phenoxy) is 1. The van der Waals surface area contributed by atoms with E-state index in [0.717, 1.165) is 33.5 Å². The summed E-state index contributed by atoms with van der Waals surface area (Å²) in [6.07, 6.45) is 5.45. The topological polar surface area (TPSA) is 94.1 Å². The van der Waals surface area contributed by atoms with Crippen LogP contribution in [0.4, 0.5) is 0 Å². The molecule has 5 aromatic rings. The zero-order chi connectivity index (χ0) is 28.0. The Morgan fingerprint density at radius 2 is 1.75 bits per heavy atom. The van der Waals surface area contributed by atoms with Gasteiger partial charge in [-0.1, -0.05) is 36.4 Å². The molecule has 0 amide bonds. The number of rotatable bonds is 7. The van der Waals surface area contributed by atoms with Gasteiger partial charge in [0.15, 0.2) is 0 Å². The molecular formula is C32H27N3O4S. The molecule has 1 aliphatic rings. The van der Waals surface area contributed by atoms with E-state index in [-0.39, 0.29) is 10.4 Å². The first kappa shape index (κ1) is 25.7. The molecule has 1 aliphatic carbocycles. The normalized spacial score (nSPS) is 13.3. The summed E-state index contributed by atoms with van der Waals surface area (Å²) in [5, 5.41) is 9.92. The minimum atomic E-state index is -4.03. The lowest BCUT2D eigenvalue weighted by molar-refractivity contribution is 0.301. The maximum atomic E-state index is 13.8. The van der Waals surface area contributed by atoms with Crippen LogP contribution in [0.3, 0.4) is 0 Å². The van der Waals surface area contributed by atoms with E-state index in [4.69, 9.17) is 4.74 Å². The molecule has 0 aliphatic heterocycles. The molecule has 7 nitrogen and oxygen atoms in total. The van der Waals surface area contributed by atoms with Gasteiger partial charge in [0, 0.05) is 36.0 Å². The lowest BCUT2D eigenvalue weighted by Gasteiger charge is -2.16. The van der Waals surface area contributed by atoms with Gasteiger partial charge in [-0.05, 0) is 78.8 Å². The third kappa shape index (κ3) is 4.48. The molecule has 8 heteroatoms. The number of pyridine rings is 1. The highest BCUT2D eigenvalue weighted by Gasteiger charge is 2.26. The Bertz CT molecular complexity index is 1990. The number of benzene rings is 3. The van der Waals surface area contributed by atoms with Gasteiger partial charge in [-0.15, -0.1) is 0 Å². The molecule has 1 saturated carbocycles. The molecule has 0 atom stereocenters. The van der Waals surface area contributed by atoms with Crippen molar-refractivity contribution < 1.29 is 13.2 Å². The quantitative estimate of drug-likeness (QED) is 0.253. The monoisotopic (exact) mass is 549 g/mol. The van der Waals surface area contributed by atoms with Crippen LogP contribution in [0.1, 0.15) is 24.0 Å². The number of nitriles is 1. The van der Waals surface area contributed by atoms with Crippen molar-refractivity contribution in [3.63, 3.8) is 0 Å². The number of hydrogen-bond acceptors (Lipinski definition) is 5. The summed E-state index contributed by atoms with van der Waals surface area (Å²) in [6, 6.07) is 23.8. The van der Waals surface area contributed by atoms with Gasteiger partial charge < -0.3 is 9.30 Å². The van der Waals surface area contributed by atoms with Crippen molar-refractivity contribution in [2.45, 2.75) is 24.7 Å². The Hall–Kier alpha value is -4.61. The summed E-state index contributed by atoms with van der Waals surface area (Å²) in [4.78, 5) is 13.6. The van der Waals surface area contributed by atoms with Crippen LogP contribution in [0, 0.1) is 24.2 Å². The van der Waals surface area contributed by atoms with Crippen LogP contribution in [-0.2, 0) is 17.1 Å². The third-order valence-corrected chi connectivity index (χ3v) is 9.22. The fourth-order valence-corrected chi connectivity index (χ4v) is 6.58. The molecule has 0 unspecified atom stereocenters. The molecule has 0 saturated heterocycles. The first-order chi connectivity index (χ1) is 19.3. The van der Waals surface area contributed by atoms with Crippen LogP contribution in [0.2, 0.25) is 0 Å². The first-order valence-electron chi connectivity index (χ1n) is 13.1. The van der Waals surface area contributed by atoms with E-state index in [0.29, 0.717) is 40.4 Å². The van der Waals surface area contributed by atoms with Gasteiger partial charge in [0.05, 0.1) is 23.1 Å². The second kappa shape index (κ2) is 9.85. The predicted molar refractivity (Wildman–Crippen MR) is 155 cm³/mol. The third-order valence-electron chi connectivity index (χ3n) is 7.38. The van der Waals surface area contributed by atoms with Crippen molar-refractivity contribution in [3.05, 3.63) is 107 Å². The second-order valence-electron chi connectivity index (χ2n) is 10.3. The van der Waals surface area contributed by atoms with Gasteiger partial charge in [-0.25, -0.2) is 12.4 Å². The van der Waals surface area contributed by atoms with Gasteiger partial charge in [0.2, 0.25) is 0 Å². The maximum absolute atomic E-state index is 13.8. The first-order valence-corrected chi connectivity index (χ1v) is 14.5. The van der Waals surface area contributed by atoms with Crippen molar-refractivity contribution in [2.75, 3.05) is 6.61 Å². The molecule has 0 bridgehead atoms. The van der Waals surface area contributed by atoms with Gasteiger partial charge >= 0.3 is 0 Å². The van der Waals surface area contributed by atoms with Crippen molar-refractivity contribution in [1.29, 1.82) is 5.26 Å². The molecular weight excluding hydrogens is 522 g/mol. The summed E-state index contributed by atoms with van der Waals surface area (Å²) in [5.74, 6) is 1.18. The Balaban J connectivity index is 1.58. The molecule has 2 aromatic heterocycles. The van der Waals surface area contributed by atoms with Crippen LogP contribution < -0.4 is 10.3 Å². The van der Waals surface area contributed by atoms with Crippen molar-refractivity contribution >= 4 is 20.9 Å². The molecule has 3 aromatic carbocycles. The molecule has 0 spiro atoms. The van der Waals surface area contributed by atoms with Crippen LogP contribution in [-0.4, -0.2) is 23.6 Å². The van der Waals surface area contributed by atoms with Gasteiger partial charge in [0.25, 0.3) is 15.6 Å². The van der Waals surface area contributed by atoms with Crippen molar-refractivity contribution in [3.8, 4) is 34.1 Å². The Kier molecular flexibility index (Phi) is 6.32. The fourth-order valence-electron chi connectivity index (χ4n) is 5.00. The van der Waals surface area contributed by atoms with Crippen LogP contribution >= 0.6 is 0 Å². The zero-order valence-corrected chi connectivity index (χ0v) is 23.0.